The Bertz CT molecular complexity index is 1090. The van der Waals surface area contributed by atoms with Gasteiger partial charge in [-0.3, -0.25) is 9.36 Å². The fourth-order valence-electron chi connectivity index (χ4n) is 4.31. The van der Waals surface area contributed by atoms with Crippen LogP contribution in [0.5, 0.6) is 0 Å². The summed E-state index contributed by atoms with van der Waals surface area (Å²) >= 11 is 0. The SMILES string of the molecule is CC(C)(C)OC(=O)NC[C@H]1CC[C@H](n2cc3ccc(-c4cnn(CC(F)F)c4)cc3n2)CC1. The maximum absolute atomic E-state index is 12.6. The van der Waals surface area contributed by atoms with Gasteiger partial charge in [0.25, 0.3) is 6.43 Å². The Labute approximate surface area is 192 Å². The number of hydrogen-bond acceptors (Lipinski definition) is 4. The van der Waals surface area contributed by atoms with Crippen molar-refractivity contribution in [1.29, 1.82) is 0 Å². The number of fused-ring (bicyclic) bond motifs is 1. The molecule has 0 aliphatic heterocycles. The molecule has 0 unspecified atom stereocenters. The number of nitrogens with zero attached hydrogens (tertiary/aromatic N) is 4. The Morgan fingerprint density at radius 2 is 1.94 bits per heavy atom. The van der Waals surface area contributed by atoms with Crippen LogP contribution in [0, 0.1) is 5.92 Å². The van der Waals surface area contributed by atoms with E-state index >= 15 is 0 Å². The van der Waals surface area contributed by atoms with Crippen molar-refractivity contribution in [2.24, 2.45) is 5.92 Å². The zero-order valence-corrected chi connectivity index (χ0v) is 19.3. The molecule has 1 N–H and O–H groups in total. The molecule has 0 bridgehead atoms. The molecule has 0 saturated heterocycles. The fraction of sp³-hybridized carbons (Fsp3) is 0.542. The first-order chi connectivity index (χ1) is 15.7. The molecule has 1 amide bonds. The van der Waals surface area contributed by atoms with Crippen molar-refractivity contribution in [2.75, 3.05) is 6.54 Å². The third-order valence-corrected chi connectivity index (χ3v) is 5.94. The molecule has 2 heterocycles. The molecular weight excluding hydrogens is 428 g/mol. The summed E-state index contributed by atoms with van der Waals surface area (Å²) in [5, 5.41) is 12.8. The number of rotatable bonds is 6. The predicted octanol–water partition coefficient (Wildman–Crippen LogP) is 5.42. The maximum atomic E-state index is 12.6. The van der Waals surface area contributed by atoms with E-state index in [1.165, 1.54) is 4.68 Å². The highest BCUT2D eigenvalue weighted by atomic mass is 19.3. The Morgan fingerprint density at radius 3 is 2.64 bits per heavy atom. The monoisotopic (exact) mass is 459 g/mol. The van der Waals surface area contributed by atoms with E-state index in [9.17, 15) is 13.6 Å². The number of halogens is 2. The molecule has 9 heteroatoms. The van der Waals surface area contributed by atoms with E-state index < -0.39 is 18.6 Å². The molecule has 1 fully saturated rings. The number of nitrogens with one attached hydrogen (secondary N) is 1. The Hall–Kier alpha value is -2.97. The highest BCUT2D eigenvalue weighted by Crippen LogP contribution is 2.33. The fourth-order valence-corrected chi connectivity index (χ4v) is 4.31. The third-order valence-electron chi connectivity index (χ3n) is 5.94. The third kappa shape index (κ3) is 6.09. The summed E-state index contributed by atoms with van der Waals surface area (Å²) < 4.78 is 33.8. The van der Waals surface area contributed by atoms with Crippen molar-refractivity contribution >= 4 is 17.0 Å². The van der Waals surface area contributed by atoms with Crippen LogP contribution in [0.1, 0.15) is 52.5 Å². The van der Waals surface area contributed by atoms with Gasteiger partial charge in [-0.15, -0.1) is 0 Å². The van der Waals surface area contributed by atoms with Crippen molar-refractivity contribution in [3.63, 3.8) is 0 Å². The number of carbonyl (C=O) groups excluding carboxylic acids is 1. The van der Waals surface area contributed by atoms with Crippen LogP contribution in [0.15, 0.2) is 36.8 Å². The van der Waals surface area contributed by atoms with Crippen LogP contribution in [0.2, 0.25) is 0 Å². The van der Waals surface area contributed by atoms with Gasteiger partial charge in [-0.1, -0.05) is 12.1 Å². The highest BCUT2D eigenvalue weighted by Gasteiger charge is 2.24. The van der Waals surface area contributed by atoms with Gasteiger partial charge >= 0.3 is 6.09 Å². The predicted molar refractivity (Wildman–Crippen MR) is 122 cm³/mol. The van der Waals surface area contributed by atoms with Crippen LogP contribution >= 0.6 is 0 Å². The second-order valence-electron chi connectivity index (χ2n) is 9.78. The van der Waals surface area contributed by atoms with Gasteiger partial charge < -0.3 is 10.1 Å². The van der Waals surface area contributed by atoms with E-state index in [0.717, 1.165) is 47.7 Å². The van der Waals surface area contributed by atoms with Crippen LogP contribution in [0.3, 0.4) is 0 Å². The van der Waals surface area contributed by atoms with E-state index in [4.69, 9.17) is 9.84 Å². The van der Waals surface area contributed by atoms with Gasteiger partial charge in [-0.25, -0.2) is 13.6 Å². The number of benzene rings is 1. The first-order valence-corrected chi connectivity index (χ1v) is 11.4. The first kappa shape index (κ1) is 23.2. The summed E-state index contributed by atoms with van der Waals surface area (Å²) in [6.07, 6.45) is 6.56. The lowest BCUT2D eigenvalue weighted by atomic mass is 9.86. The highest BCUT2D eigenvalue weighted by molar-refractivity contribution is 5.83. The van der Waals surface area contributed by atoms with Gasteiger partial charge in [0, 0.05) is 29.9 Å². The Kier molecular flexibility index (Phi) is 6.67. The van der Waals surface area contributed by atoms with Crippen molar-refractivity contribution < 1.29 is 18.3 Å². The topological polar surface area (TPSA) is 74.0 Å². The average Bonchev–Trinajstić information content (AvgIpc) is 3.37. The molecule has 0 radical (unpaired) electrons. The van der Waals surface area contributed by atoms with E-state index in [1.54, 1.807) is 12.4 Å². The van der Waals surface area contributed by atoms with Crippen LogP contribution in [0.4, 0.5) is 13.6 Å². The minimum absolute atomic E-state index is 0.326. The van der Waals surface area contributed by atoms with E-state index in [0.29, 0.717) is 18.5 Å². The molecule has 2 aromatic heterocycles. The lowest BCUT2D eigenvalue weighted by Crippen LogP contribution is -2.36. The smallest absolute Gasteiger partial charge is 0.407 e. The lowest BCUT2D eigenvalue weighted by Gasteiger charge is -2.29. The summed E-state index contributed by atoms with van der Waals surface area (Å²) in [4.78, 5) is 11.9. The summed E-state index contributed by atoms with van der Waals surface area (Å²) in [6.45, 7) is 5.79. The second kappa shape index (κ2) is 9.49. The minimum atomic E-state index is -2.43. The average molecular weight is 460 g/mol. The molecule has 1 aliphatic rings. The quantitative estimate of drug-likeness (QED) is 0.534. The summed E-state index contributed by atoms with van der Waals surface area (Å²) in [5.41, 5.74) is 2.09. The first-order valence-electron chi connectivity index (χ1n) is 11.4. The maximum Gasteiger partial charge on any atom is 0.407 e. The largest absolute Gasteiger partial charge is 0.444 e. The summed E-state index contributed by atoms with van der Waals surface area (Å²) in [6, 6.07) is 6.28. The van der Waals surface area contributed by atoms with Crippen molar-refractivity contribution in [3.8, 4) is 11.1 Å². The van der Waals surface area contributed by atoms with E-state index in [2.05, 4.69) is 16.6 Å². The van der Waals surface area contributed by atoms with Gasteiger partial charge in [0.2, 0.25) is 0 Å². The number of ether oxygens (including phenoxy) is 1. The molecule has 1 aliphatic carbocycles. The molecule has 1 aromatic carbocycles. The van der Waals surface area contributed by atoms with Gasteiger partial charge in [0.05, 0.1) is 17.8 Å². The second-order valence-corrected chi connectivity index (χ2v) is 9.78. The van der Waals surface area contributed by atoms with Gasteiger partial charge in [0.15, 0.2) is 0 Å². The molecule has 7 nitrogen and oxygen atoms in total. The molecule has 178 valence electrons. The number of carbonyl (C=O) groups is 1. The molecule has 3 aromatic rings. The van der Waals surface area contributed by atoms with Crippen LogP contribution in [-0.4, -0.2) is 44.2 Å². The number of alkyl carbamates (subject to hydrolysis) is 1. The number of hydrogen-bond donors (Lipinski definition) is 1. The van der Waals surface area contributed by atoms with Gasteiger partial charge in [0.1, 0.15) is 12.1 Å². The van der Waals surface area contributed by atoms with Crippen LogP contribution in [0.25, 0.3) is 22.0 Å². The Balaban J connectivity index is 1.35. The zero-order valence-electron chi connectivity index (χ0n) is 19.3. The molecule has 1 saturated carbocycles. The number of aromatic nitrogens is 4. The van der Waals surface area contributed by atoms with Crippen LogP contribution < -0.4 is 5.32 Å². The lowest BCUT2D eigenvalue weighted by molar-refractivity contribution is 0.0513. The number of amides is 1. The van der Waals surface area contributed by atoms with E-state index in [-0.39, 0.29) is 6.09 Å². The van der Waals surface area contributed by atoms with Crippen molar-refractivity contribution in [2.45, 2.75) is 71.1 Å². The molecular formula is C24H31F2N5O2. The standard InChI is InChI=1S/C24H31F2N5O2/c1-24(2,3)33-23(32)27-11-16-4-8-20(9-5-16)31-14-18-7-6-17(10-21(18)29-31)19-12-28-30(13-19)15-22(25)26/h6-7,10,12-14,16,20,22H,4-5,8-9,11,15H2,1-3H3,(H,27,32)/t16-,20-. The van der Waals surface area contributed by atoms with Crippen molar-refractivity contribution in [3.05, 3.63) is 36.8 Å². The van der Waals surface area contributed by atoms with Gasteiger partial charge in [-0.2, -0.15) is 10.2 Å². The summed E-state index contributed by atoms with van der Waals surface area (Å²) in [5.74, 6) is 0.440. The zero-order chi connectivity index (χ0) is 23.6. The van der Waals surface area contributed by atoms with E-state index in [1.807, 2.05) is 43.7 Å². The molecule has 4 rings (SSSR count). The van der Waals surface area contributed by atoms with Crippen LogP contribution in [-0.2, 0) is 11.3 Å². The summed E-state index contributed by atoms with van der Waals surface area (Å²) in [7, 11) is 0. The number of alkyl halides is 2. The normalized spacial score (nSPS) is 19.2. The molecule has 0 atom stereocenters. The Morgan fingerprint density at radius 1 is 1.18 bits per heavy atom. The molecule has 33 heavy (non-hydrogen) atoms. The van der Waals surface area contributed by atoms with Gasteiger partial charge in [-0.05, 0) is 64.0 Å². The molecule has 0 spiro atoms. The minimum Gasteiger partial charge on any atom is -0.444 e. The van der Waals surface area contributed by atoms with Crippen molar-refractivity contribution in [1.82, 2.24) is 24.9 Å².